The lowest BCUT2D eigenvalue weighted by atomic mass is 9.95. The van der Waals surface area contributed by atoms with Gasteiger partial charge in [0.25, 0.3) is 0 Å². The van der Waals surface area contributed by atoms with Crippen molar-refractivity contribution in [2.75, 3.05) is 5.32 Å². The van der Waals surface area contributed by atoms with E-state index in [2.05, 4.69) is 5.32 Å². The van der Waals surface area contributed by atoms with Gasteiger partial charge in [-0.25, -0.2) is 0 Å². The molecule has 0 saturated carbocycles. The molecule has 1 rings (SSSR count). The molecular formula is C11H14NOS. The SMILES string of the molecule is CC(C)(C)C(=O)Nc1ccc([S])cc1. The van der Waals surface area contributed by atoms with Gasteiger partial charge < -0.3 is 5.32 Å². The molecule has 1 amide bonds. The number of hydrogen-bond acceptors (Lipinski definition) is 1. The first-order valence-electron chi connectivity index (χ1n) is 4.48. The summed E-state index contributed by atoms with van der Waals surface area (Å²) in [5.74, 6) is 0.00891. The summed E-state index contributed by atoms with van der Waals surface area (Å²) in [6, 6.07) is 7.22. The first-order valence-corrected chi connectivity index (χ1v) is 4.89. The Hall–Kier alpha value is -1.09. The highest BCUT2D eigenvalue weighted by Crippen LogP contribution is 2.18. The van der Waals surface area contributed by atoms with E-state index in [0.717, 1.165) is 10.6 Å². The molecule has 0 spiro atoms. The molecule has 0 heterocycles. The van der Waals surface area contributed by atoms with Crippen molar-refractivity contribution < 1.29 is 4.79 Å². The van der Waals surface area contributed by atoms with Crippen molar-refractivity contribution in [1.82, 2.24) is 0 Å². The Morgan fingerprint density at radius 2 is 1.71 bits per heavy atom. The van der Waals surface area contributed by atoms with Gasteiger partial charge >= 0.3 is 0 Å². The zero-order valence-corrected chi connectivity index (χ0v) is 9.44. The third-order valence-electron chi connectivity index (χ3n) is 1.79. The number of nitrogens with one attached hydrogen (secondary N) is 1. The topological polar surface area (TPSA) is 29.1 Å². The summed E-state index contributed by atoms with van der Waals surface area (Å²) in [7, 11) is 0. The van der Waals surface area contributed by atoms with Crippen LogP contribution in [0.5, 0.6) is 0 Å². The maximum Gasteiger partial charge on any atom is 0.229 e. The van der Waals surface area contributed by atoms with E-state index in [1.165, 1.54) is 0 Å². The summed E-state index contributed by atoms with van der Waals surface area (Å²) >= 11 is 4.95. The van der Waals surface area contributed by atoms with Gasteiger partial charge in [-0.05, 0) is 24.3 Å². The molecule has 3 heteroatoms. The van der Waals surface area contributed by atoms with Crippen LogP contribution < -0.4 is 5.32 Å². The van der Waals surface area contributed by atoms with Gasteiger partial charge in [-0.15, -0.1) is 0 Å². The third-order valence-corrected chi connectivity index (χ3v) is 2.07. The quantitative estimate of drug-likeness (QED) is 0.754. The molecule has 1 aromatic rings. The summed E-state index contributed by atoms with van der Waals surface area (Å²) in [5.41, 5.74) is 0.422. The minimum atomic E-state index is -0.368. The number of rotatable bonds is 1. The predicted molar refractivity (Wildman–Crippen MR) is 60.4 cm³/mol. The van der Waals surface area contributed by atoms with Gasteiger partial charge in [0, 0.05) is 16.0 Å². The molecule has 1 aromatic carbocycles. The predicted octanol–water partition coefficient (Wildman–Crippen LogP) is 3.23. The van der Waals surface area contributed by atoms with Gasteiger partial charge in [0.05, 0.1) is 0 Å². The molecule has 14 heavy (non-hydrogen) atoms. The van der Waals surface area contributed by atoms with Crippen molar-refractivity contribution in [3.63, 3.8) is 0 Å². The molecule has 0 aliphatic rings. The van der Waals surface area contributed by atoms with E-state index in [0.29, 0.717) is 0 Å². The third kappa shape index (κ3) is 3.00. The summed E-state index contributed by atoms with van der Waals surface area (Å²) in [6.45, 7) is 5.64. The fraction of sp³-hybridized carbons (Fsp3) is 0.364. The van der Waals surface area contributed by atoms with Crippen LogP contribution in [-0.2, 0) is 4.79 Å². The molecule has 2 nitrogen and oxygen atoms in total. The van der Waals surface area contributed by atoms with Crippen LogP contribution >= 0.6 is 12.6 Å². The fourth-order valence-corrected chi connectivity index (χ4v) is 0.993. The van der Waals surface area contributed by atoms with Crippen LogP contribution in [0.25, 0.3) is 0 Å². The molecular weight excluding hydrogens is 194 g/mol. The average Bonchev–Trinajstić information content (AvgIpc) is 2.07. The van der Waals surface area contributed by atoms with Crippen LogP contribution in [0.3, 0.4) is 0 Å². The standard InChI is InChI=1S/C11H14NOS/c1-11(2,3)10(13)12-8-4-6-9(14)7-5-8/h4-7H,1-3H3,(H,12,13). The van der Waals surface area contributed by atoms with E-state index in [1.807, 2.05) is 32.9 Å². The lowest BCUT2D eigenvalue weighted by Crippen LogP contribution is -2.27. The molecule has 0 aromatic heterocycles. The van der Waals surface area contributed by atoms with E-state index in [1.54, 1.807) is 12.1 Å². The summed E-state index contributed by atoms with van der Waals surface area (Å²) in [5, 5.41) is 2.82. The Kier molecular flexibility index (Phi) is 3.11. The lowest BCUT2D eigenvalue weighted by Gasteiger charge is -2.17. The molecule has 0 aliphatic carbocycles. The zero-order valence-electron chi connectivity index (χ0n) is 8.63. The van der Waals surface area contributed by atoms with Gasteiger partial charge in [0.2, 0.25) is 5.91 Å². The molecule has 0 unspecified atom stereocenters. The molecule has 0 aliphatic heterocycles. The van der Waals surface area contributed by atoms with Crippen molar-refractivity contribution in [2.24, 2.45) is 5.41 Å². The van der Waals surface area contributed by atoms with Crippen LogP contribution in [0.15, 0.2) is 29.2 Å². The number of carbonyl (C=O) groups excluding carboxylic acids is 1. The van der Waals surface area contributed by atoms with Gasteiger partial charge in [0.1, 0.15) is 0 Å². The van der Waals surface area contributed by atoms with Crippen LogP contribution in [-0.4, -0.2) is 5.91 Å². The highest BCUT2D eigenvalue weighted by Gasteiger charge is 2.20. The van der Waals surface area contributed by atoms with Gasteiger partial charge in [-0.3, -0.25) is 4.79 Å². The number of hydrogen-bond donors (Lipinski definition) is 1. The van der Waals surface area contributed by atoms with Crippen molar-refractivity contribution in [3.8, 4) is 0 Å². The van der Waals surface area contributed by atoms with Gasteiger partial charge in [-0.1, -0.05) is 33.4 Å². The Morgan fingerprint density at radius 1 is 1.21 bits per heavy atom. The second-order valence-electron chi connectivity index (χ2n) is 4.23. The Morgan fingerprint density at radius 3 is 2.14 bits per heavy atom. The maximum atomic E-state index is 11.6. The Bertz CT molecular complexity index is 324. The maximum absolute atomic E-state index is 11.6. The van der Waals surface area contributed by atoms with Gasteiger partial charge in [0.15, 0.2) is 0 Å². The summed E-state index contributed by atoms with van der Waals surface area (Å²) in [4.78, 5) is 12.4. The van der Waals surface area contributed by atoms with E-state index in [4.69, 9.17) is 12.6 Å². The van der Waals surface area contributed by atoms with Crippen molar-refractivity contribution >= 4 is 24.2 Å². The van der Waals surface area contributed by atoms with Crippen LogP contribution in [0.2, 0.25) is 0 Å². The highest BCUT2D eigenvalue weighted by molar-refractivity contribution is 7.80. The number of anilines is 1. The Labute approximate surface area is 90.1 Å². The zero-order chi connectivity index (χ0) is 10.8. The minimum absolute atomic E-state index is 0.00891. The molecule has 0 fully saturated rings. The lowest BCUT2D eigenvalue weighted by molar-refractivity contribution is -0.123. The first-order chi connectivity index (χ1) is 6.39. The monoisotopic (exact) mass is 208 g/mol. The normalized spacial score (nSPS) is 11.1. The second kappa shape index (κ2) is 3.96. The molecule has 0 atom stereocenters. The van der Waals surface area contributed by atoms with E-state index in [9.17, 15) is 4.79 Å². The van der Waals surface area contributed by atoms with E-state index >= 15 is 0 Å². The van der Waals surface area contributed by atoms with Crippen molar-refractivity contribution in [2.45, 2.75) is 25.7 Å². The summed E-state index contributed by atoms with van der Waals surface area (Å²) < 4.78 is 0. The van der Waals surface area contributed by atoms with Crippen LogP contribution in [0, 0.1) is 5.41 Å². The minimum Gasteiger partial charge on any atom is -0.326 e. The molecule has 0 bridgehead atoms. The first kappa shape index (κ1) is 11.0. The van der Waals surface area contributed by atoms with Crippen molar-refractivity contribution in [3.05, 3.63) is 24.3 Å². The number of carbonyl (C=O) groups is 1. The van der Waals surface area contributed by atoms with E-state index in [-0.39, 0.29) is 11.3 Å². The van der Waals surface area contributed by atoms with Crippen molar-refractivity contribution in [1.29, 1.82) is 0 Å². The number of benzene rings is 1. The van der Waals surface area contributed by atoms with Crippen LogP contribution in [0.1, 0.15) is 20.8 Å². The average molecular weight is 208 g/mol. The van der Waals surface area contributed by atoms with Crippen LogP contribution in [0.4, 0.5) is 5.69 Å². The molecule has 1 radical (unpaired) electrons. The fourth-order valence-electron chi connectivity index (χ4n) is 0.857. The largest absolute Gasteiger partial charge is 0.326 e. The number of amides is 1. The summed E-state index contributed by atoms with van der Waals surface area (Å²) in [6.07, 6.45) is 0. The Balaban J connectivity index is 2.71. The molecule has 0 saturated heterocycles. The highest BCUT2D eigenvalue weighted by atomic mass is 32.1. The molecule has 75 valence electrons. The van der Waals surface area contributed by atoms with E-state index < -0.39 is 0 Å². The molecule has 1 N–H and O–H groups in total. The second-order valence-corrected chi connectivity index (χ2v) is 4.70. The van der Waals surface area contributed by atoms with Gasteiger partial charge in [-0.2, -0.15) is 0 Å². The smallest absolute Gasteiger partial charge is 0.229 e.